The first-order valence-electron chi connectivity index (χ1n) is 8.93. The molecule has 0 saturated carbocycles. The van der Waals surface area contributed by atoms with E-state index in [1.807, 2.05) is 32.0 Å². The summed E-state index contributed by atoms with van der Waals surface area (Å²) in [6.07, 6.45) is 6.82. The van der Waals surface area contributed by atoms with Crippen molar-refractivity contribution in [3.8, 4) is 11.6 Å². The van der Waals surface area contributed by atoms with Crippen molar-refractivity contribution in [3.63, 3.8) is 0 Å². The number of aromatic nitrogens is 6. The molecule has 0 aliphatic carbocycles. The molecular weight excluding hydrogens is 390 g/mol. The molecule has 0 aromatic carbocycles. The Balaban J connectivity index is 1.57. The molecule has 8 nitrogen and oxygen atoms in total. The van der Waals surface area contributed by atoms with Gasteiger partial charge in [0.1, 0.15) is 17.8 Å². The molecule has 0 unspecified atom stereocenters. The van der Waals surface area contributed by atoms with Gasteiger partial charge in [0.2, 0.25) is 0 Å². The molecule has 4 aromatic heterocycles. The Bertz CT molecular complexity index is 1170. The highest BCUT2D eigenvalue weighted by atomic mass is 35.5. The molecule has 1 N–H and O–H groups in total. The van der Waals surface area contributed by atoms with E-state index < -0.39 is 0 Å². The molecule has 1 amide bonds. The minimum absolute atomic E-state index is 0.143. The molecule has 0 spiro atoms. The number of aryl methyl sites for hydroxylation is 2. The normalized spacial score (nSPS) is 10.9. The fourth-order valence-corrected chi connectivity index (χ4v) is 3.21. The van der Waals surface area contributed by atoms with Crippen LogP contribution in [-0.4, -0.2) is 35.2 Å². The van der Waals surface area contributed by atoms with Gasteiger partial charge in [-0.1, -0.05) is 17.7 Å². The SMILES string of the molecule is Cc1cc(C)n(-c2ccc(Cl)c(C(=O)NCc3cccnc3-n3ccnc3)n2)n1. The average molecular weight is 408 g/mol. The van der Waals surface area contributed by atoms with Crippen LogP contribution in [0.15, 0.2) is 55.2 Å². The molecule has 4 aromatic rings. The Morgan fingerprint density at radius 2 is 2.07 bits per heavy atom. The minimum Gasteiger partial charge on any atom is -0.346 e. The van der Waals surface area contributed by atoms with Gasteiger partial charge in [-0.2, -0.15) is 5.10 Å². The van der Waals surface area contributed by atoms with Crippen molar-refractivity contribution in [1.29, 1.82) is 0 Å². The van der Waals surface area contributed by atoms with E-state index in [2.05, 4.69) is 25.4 Å². The lowest BCUT2D eigenvalue weighted by molar-refractivity contribution is 0.0946. The second kappa shape index (κ2) is 7.84. The van der Waals surface area contributed by atoms with Crippen LogP contribution in [0, 0.1) is 13.8 Å². The molecule has 4 rings (SSSR count). The lowest BCUT2D eigenvalue weighted by atomic mass is 10.2. The van der Waals surface area contributed by atoms with Crippen molar-refractivity contribution >= 4 is 17.5 Å². The summed E-state index contributed by atoms with van der Waals surface area (Å²) >= 11 is 6.24. The lowest BCUT2D eigenvalue weighted by Gasteiger charge is -2.11. The third-order valence-electron chi connectivity index (χ3n) is 4.33. The third kappa shape index (κ3) is 3.88. The predicted octanol–water partition coefficient (Wildman–Crippen LogP) is 3.05. The van der Waals surface area contributed by atoms with E-state index in [1.54, 1.807) is 46.3 Å². The Morgan fingerprint density at radius 1 is 1.21 bits per heavy atom. The summed E-state index contributed by atoms with van der Waals surface area (Å²) in [5, 5.41) is 7.55. The van der Waals surface area contributed by atoms with Crippen LogP contribution in [0.3, 0.4) is 0 Å². The summed E-state index contributed by atoms with van der Waals surface area (Å²) in [4.78, 5) is 25.6. The van der Waals surface area contributed by atoms with Gasteiger partial charge in [-0.3, -0.25) is 9.36 Å². The molecule has 0 atom stereocenters. The zero-order chi connectivity index (χ0) is 20.4. The third-order valence-corrected chi connectivity index (χ3v) is 4.63. The molecule has 0 bridgehead atoms. The van der Waals surface area contributed by atoms with Gasteiger partial charge in [0, 0.05) is 36.4 Å². The van der Waals surface area contributed by atoms with Crippen LogP contribution in [0.25, 0.3) is 11.6 Å². The Hall–Kier alpha value is -3.52. The molecule has 0 aliphatic heterocycles. The first-order valence-corrected chi connectivity index (χ1v) is 9.31. The number of pyridine rings is 2. The van der Waals surface area contributed by atoms with E-state index in [-0.39, 0.29) is 23.2 Å². The maximum atomic E-state index is 12.8. The molecule has 0 aliphatic rings. The number of rotatable bonds is 5. The monoisotopic (exact) mass is 407 g/mol. The van der Waals surface area contributed by atoms with Gasteiger partial charge in [0.15, 0.2) is 5.82 Å². The summed E-state index contributed by atoms with van der Waals surface area (Å²) in [6, 6.07) is 9.03. The van der Waals surface area contributed by atoms with Crippen molar-refractivity contribution < 1.29 is 4.79 Å². The van der Waals surface area contributed by atoms with Crippen LogP contribution in [0.1, 0.15) is 27.4 Å². The van der Waals surface area contributed by atoms with E-state index in [4.69, 9.17) is 11.6 Å². The van der Waals surface area contributed by atoms with Crippen molar-refractivity contribution in [3.05, 3.63) is 82.9 Å². The maximum Gasteiger partial charge on any atom is 0.271 e. The first-order chi connectivity index (χ1) is 14.0. The second-order valence-electron chi connectivity index (χ2n) is 6.48. The maximum absolute atomic E-state index is 12.8. The van der Waals surface area contributed by atoms with Gasteiger partial charge in [-0.05, 0) is 38.1 Å². The molecule has 29 heavy (non-hydrogen) atoms. The van der Waals surface area contributed by atoms with Crippen LogP contribution in [0.5, 0.6) is 0 Å². The van der Waals surface area contributed by atoms with Crippen molar-refractivity contribution in [1.82, 2.24) is 34.6 Å². The number of nitrogens with zero attached hydrogens (tertiary/aromatic N) is 6. The summed E-state index contributed by atoms with van der Waals surface area (Å²) in [5.74, 6) is 0.852. The summed E-state index contributed by atoms with van der Waals surface area (Å²) in [5.41, 5.74) is 2.77. The molecule has 9 heteroatoms. The topological polar surface area (TPSA) is 90.5 Å². The fraction of sp³-hybridized carbons (Fsp3) is 0.150. The van der Waals surface area contributed by atoms with Gasteiger partial charge in [0.05, 0.1) is 10.7 Å². The van der Waals surface area contributed by atoms with Crippen LogP contribution in [0.2, 0.25) is 5.02 Å². The highest BCUT2D eigenvalue weighted by Crippen LogP contribution is 2.18. The van der Waals surface area contributed by atoms with Crippen LogP contribution >= 0.6 is 11.6 Å². The van der Waals surface area contributed by atoms with Gasteiger partial charge in [0.25, 0.3) is 5.91 Å². The largest absolute Gasteiger partial charge is 0.346 e. The molecule has 0 radical (unpaired) electrons. The fourth-order valence-electron chi connectivity index (χ4n) is 3.01. The predicted molar refractivity (Wildman–Crippen MR) is 108 cm³/mol. The van der Waals surface area contributed by atoms with E-state index >= 15 is 0 Å². The Labute approximate surface area is 172 Å². The van der Waals surface area contributed by atoms with E-state index in [1.165, 1.54) is 0 Å². The summed E-state index contributed by atoms with van der Waals surface area (Å²) < 4.78 is 3.47. The van der Waals surface area contributed by atoms with E-state index in [9.17, 15) is 4.79 Å². The lowest BCUT2D eigenvalue weighted by Crippen LogP contribution is -2.25. The smallest absolute Gasteiger partial charge is 0.271 e. The Kier molecular flexibility index (Phi) is 5.09. The number of hydrogen-bond acceptors (Lipinski definition) is 5. The molecule has 0 saturated heterocycles. The standard InChI is InChI=1S/C20H18ClN7O/c1-13-10-14(2)28(26-13)17-6-5-16(21)18(25-17)20(29)24-11-15-4-3-7-23-19(15)27-9-8-22-12-27/h3-10,12H,11H2,1-2H3,(H,24,29). The summed E-state index contributed by atoms with van der Waals surface area (Å²) in [6.45, 7) is 4.09. The first kappa shape index (κ1) is 18.8. The quantitative estimate of drug-likeness (QED) is 0.549. The highest BCUT2D eigenvalue weighted by molar-refractivity contribution is 6.33. The Morgan fingerprint density at radius 3 is 2.79 bits per heavy atom. The number of carbonyl (C=O) groups is 1. The van der Waals surface area contributed by atoms with Gasteiger partial charge < -0.3 is 5.32 Å². The number of amides is 1. The summed E-state index contributed by atoms with van der Waals surface area (Å²) in [7, 11) is 0. The van der Waals surface area contributed by atoms with E-state index in [0.29, 0.717) is 11.6 Å². The van der Waals surface area contributed by atoms with Crippen molar-refractivity contribution in [2.24, 2.45) is 0 Å². The molecular formula is C20H18ClN7O. The number of halogens is 1. The molecule has 4 heterocycles. The average Bonchev–Trinajstić information content (AvgIpc) is 3.36. The van der Waals surface area contributed by atoms with Crippen LogP contribution < -0.4 is 5.32 Å². The van der Waals surface area contributed by atoms with Gasteiger partial charge >= 0.3 is 0 Å². The molecule has 0 fully saturated rings. The second-order valence-corrected chi connectivity index (χ2v) is 6.88. The van der Waals surface area contributed by atoms with Crippen LogP contribution in [-0.2, 0) is 6.54 Å². The van der Waals surface area contributed by atoms with Crippen molar-refractivity contribution in [2.45, 2.75) is 20.4 Å². The minimum atomic E-state index is -0.376. The zero-order valence-corrected chi connectivity index (χ0v) is 16.6. The number of carbonyl (C=O) groups excluding carboxylic acids is 1. The number of nitrogens with one attached hydrogen (secondary N) is 1. The number of imidazole rings is 1. The van der Waals surface area contributed by atoms with E-state index in [0.717, 1.165) is 17.0 Å². The highest BCUT2D eigenvalue weighted by Gasteiger charge is 2.16. The van der Waals surface area contributed by atoms with Gasteiger partial charge in [-0.15, -0.1) is 0 Å². The van der Waals surface area contributed by atoms with Crippen molar-refractivity contribution in [2.75, 3.05) is 0 Å². The molecule has 146 valence electrons. The van der Waals surface area contributed by atoms with Crippen LogP contribution in [0.4, 0.5) is 0 Å². The zero-order valence-electron chi connectivity index (χ0n) is 15.9. The van der Waals surface area contributed by atoms with Gasteiger partial charge in [-0.25, -0.2) is 19.6 Å². The number of hydrogen-bond donors (Lipinski definition) is 1.